The predicted octanol–water partition coefficient (Wildman–Crippen LogP) is 3.48. The fourth-order valence-corrected chi connectivity index (χ4v) is 2.75. The molecule has 0 atom stereocenters. The second-order valence-corrected chi connectivity index (χ2v) is 6.01. The van der Waals surface area contributed by atoms with Crippen LogP contribution in [0, 0.1) is 13.8 Å². The molecule has 2 aromatic heterocycles. The van der Waals surface area contributed by atoms with Crippen molar-refractivity contribution in [1.29, 1.82) is 0 Å². The summed E-state index contributed by atoms with van der Waals surface area (Å²) >= 11 is 6.00. The molecule has 0 fully saturated rings. The van der Waals surface area contributed by atoms with E-state index >= 15 is 0 Å². The molecule has 0 aliphatic heterocycles. The zero-order chi connectivity index (χ0) is 18.3. The normalized spacial score (nSPS) is 10.9. The van der Waals surface area contributed by atoms with Gasteiger partial charge in [-0.15, -0.1) is 0 Å². The summed E-state index contributed by atoms with van der Waals surface area (Å²) in [6.07, 6.45) is 0. The Bertz CT molecular complexity index is 1000. The summed E-state index contributed by atoms with van der Waals surface area (Å²) in [6, 6.07) is 5.13. The molecule has 0 saturated heterocycles. The molecule has 0 radical (unpaired) electrons. The Morgan fingerprint density at radius 3 is 2.72 bits per heavy atom. The van der Waals surface area contributed by atoms with Crippen LogP contribution in [0.15, 0.2) is 22.6 Å². The molecule has 25 heavy (non-hydrogen) atoms. The highest BCUT2D eigenvalue weighted by Crippen LogP contribution is 2.29. The van der Waals surface area contributed by atoms with Gasteiger partial charge in [0.25, 0.3) is 5.91 Å². The SMILES string of the molecule is COC(=O)c1nn(C)c(C)c1NC(=O)c1oc2ccc(Cl)cc2c1C. The minimum atomic E-state index is -0.632. The van der Waals surface area contributed by atoms with E-state index in [1.807, 2.05) is 0 Å². The summed E-state index contributed by atoms with van der Waals surface area (Å²) in [5, 5.41) is 8.09. The zero-order valence-electron chi connectivity index (χ0n) is 14.1. The van der Waals surface area contributed by atoms with Crippen LogP contribution in [0.4, 0.5) is 5.69 Å². The van der Waals surface area contributed by atoms with Gasteiger partial charge in [0.15, 0.2) is 11.5 Å². The number of hydrogen-bond donors (Lipinski definition) is 1. The van der Waals surface area contributed by atoms with E-state index in [1.54, 1.807) is 39.1 Å². The number of ether oxygens (including phenoxy) is 1. The van der Waals surface area contributed by atoms with E-state index in [1.165, 1.54) is 11.8 Å². The Morgan fingerprint density at radius 1 is 1.32 bits per heavy atom. The molecular weight excluding hydrogens is 346 g/mol. The van der Waals surface area contributed by atoms with E-state index in [2.05, 4.69) is 10.4 Å². The molecule has 0 spiro atoms. The molecule has 1 amide bonds. The number of benzene rings is 1. The summed E-state index contributed by atoms with van der Waals surface area (Å²) in [7, 11) is 2.93. The highest BCUT2D eigenvalue weighted by Gasteiger charge is 2.25. The number of nitrogens with one attached hydrogen (secondary N) is 1. The van der Waals surface area contributed by atoms with E-state index in [9.17, 15) is 9.59 Å². The summed E-state index contributed by atoms with van der Waals surface area (Å²) in [6.45, 7) is 3.51. The summed E-state index contributed by atoms with van der Waals surface area (Å²) < 4.78 is 11.9. The first-order valence-electron chi connectivity index (χ1n) is 7.45. The number of halogens is 1. The summed E-state index contributed by atoms with van der Waals surface area (Å²) in [4.78, 5) is 24.6. The number of nitrogens with zero attached hydrogens (tertiary/aromatic N) is 2. The number of esters is 1. The molecule has 7 nitrogen and oxygen atoms in total. The van der Waals surface area contributed by atoms with Gasteiger partial charge in [-0.25, -0.2) is 4.79 Å². The second-order valence-electron chi connectivity index (χ2n) is 5.57. The van der Waals surface area contributed by atoms with Crippen molar-refractivity contribution in [3.05, 3.63) is 45.9 Å². The van der Waals surface area contributed by atoms with Gasteiger partial charge in [0.05, 0.1) is 18.5 Å². The largest absolute Gasteiger partial charge is 0.464 e. The van der Waals surface area contributed by atoms with Crippen molar-refractivity contribution in [2.75, 3.05) is 12.4 Å². The average Bonchev–Trinajstić information content (AvgIpc) is 3.06. The highest BCUT2D eigenvalue weighted by atomic mass is 35.5. The van der Waals surface area contributed by atoms with Crippen LogP contribution >= 0.6 is 11.6 Å². The van der Waals surface area contributed by atoms with Crippen LogP contribution in [-0.4, -0.2) is 28.8 Å². The van der Waals surface area contributed by atoms with Crippen molar-refractivity contribution in [2.45, 2.75) is 13.8 Å². The minimum absolute atomic E-state index is 0.0349. The number of fused-ring (bicyclic) bond motifs is 1. The van der Waals surface area contributed by atoms with E-state index in [0.717, 1.165) is 5.39 Å². The third-order valence-corrected chi connectivity index (χ3v) is 4.29. The molecule has 0 aliphatic rings. The number of amides is 1. The Labute approximate surface area is 148 Å². The van der Waals surface area contributed by atoms with Gasteiger partial charge in [-0.1, -0.05) is 11.6 Å². The van der Waals surface area contributed by atoms with Gasteiger partial charge in [-0.3, -0.25) is 9.48 Å². The molecule has 1 N–H and O–H groups in total. The van der Waals surface area contributed by atoms with Crippen LogP contribution < -0.4 is 5.32 Å². The molecule has 3 rings (SSSR count). The van der Waals surface area contributed by atoms with Crippen molar-refractivity contribution in [3.8, 4) is 0 Å². The molecule has 3 aromatic rings. The molecule has 2 heterocycles. The van der Waals surface area contributed by atoms with Crippen molar-refractivity contribution >= 4 is 40.1 Å². The van der Waals surface area contributed by atoms with Gasteiger partial charge < -0.3 is 14.5 Å². The molecule has 1 aromatic carbocycles. The van der Waals surface area contributed by atoms with Crippen LogP contribution in [0.1, 0.15) is 32.3 Å². The number of furan rings is 1. The van der Waals surface area contributed by atoms with Gasteiger partial charge in [0, 0.05) is 23.0 Å². The number of anilines is 1. The maximum atomic E-state index is 12.7. The van der Waals surface area contributed by atoms with Gasteiger partial charge >= 0.3 is 5.97 Å². The maximum Gasteiger partial charge on any atom is 0.360 e. The fourth-order valence-electron chi connectivity index (χ4n) is 2.58. The molecule has 0 unspecified atom stereocenters. The number of carbonyl (C=O) groups excluding carboxylic acids is 2. The second kappa shape index (κ2) is 6.25. The monoisotopic (exact) mass is 361 g/mol. The van der Waals surface area contributed by atoms with E-state index in [0.29, 0.717) is 21.9 Å². The third-order valence-electron chi connectivity index (χ3n) is 4.06. The standard InChI is InChI=1S/C17H16ClN3O4/c1-8-11-7-10(18)5-6-12(11)25-15(8)16(22)19-13-9(2)21(3)20-14(13)17(23)24-4/h5-7H,1-4H3,(H,19,22). The summed E-state index contributed by atoms with van der Waals surface area (Å²) in [5.41, 5.74) is 2.16. The number of aryl methyl sites for hydroxylation is 2. The third kappa shape index (κ3) is 2.87. The first-order valence-corrected chi connectivity index (χ1v) is 7.83. The zero-order valence-corrected chi connectivity index (χ0v) is 14.9. The van der Waals surface area contributed by atoms with Crippen molar-refractivity contribution in [3.63, 3.8) is 0 Å². The van der Waals surface area contributed by atoms with Gasteiger partial charge in [0.2, 0.25) is 0 Å². The average molecular weight is 362 g/mol. The Morgan fingerprint density at radius 2 is 2.04 bits per heavy atom. The van der Waals surface area contributed by atoms with Crippen LogP contribution in [0.5, 0.6) is 0 Å². The van der Waals surface area contributed by atoms with Gasteiger partial charge in [-0.2, -0.15) is 5.10 Å². The molecule has 0 saturated carbocycles. The van der Waals surface area contributed by atoms with E-state index in [-0.39, 0.29) is 17.1 Å². The van der Waals surface area contributed by atoms with Crippen molar-refractivity contribution < 1.29 is 18.7 Å². The molecule has 8 heteroatoms. The first kappa shape index (κ1) is 17.0. The Balaban J connectivity index is 2.01. The minimum Gasteiger partial charge on any atom is -0.464 e. The van der Waals surface area contributed by atoms with E-state index < -0.39 is 11.9 Å². The predicted molar refractivity (Wildman–Crippen MR) is 93.2 cm³/mol. The van der Waals surface area contributed by atoms with Crippen molar-refractivity contribution in [2.24, 2.45) is 7.05 Å². The lowest BCUT2D eigenvalue weighted by Crippen LogP contribution is -2.15. The lowest BCUT2D eigenvalue weighted by atomic mass is 10.1. The number of rotatable bonds is 3. The molecule has 0 aliphatic carbocycles. The van der Waals surface area contributed by atoms with Crippen LogP contribution in [0.3, 0.4) is 0 Å². The van der Waals surface area contributed by atoms with Gasteiger partial charge in [-0.05, 0) is 32.0 Å². The Hall–Kier alpha value is -2.80. The van der Waals surface area contributed by atoms with Crippen LogP contribution in [0.2, 0.25) is 5.02 Å². The number of hydrogen-bond acceptors (Lipinski definition) is 5. The smallest absolute Gasteiger partial charge is 0.360 e. The maximum absolute atomic E-state index is 12.7. The lowest BCUT2D eigenvalue weighted by molar-refractivity contribution is 0.0594. The quantitative estimate of drug-likeness (QED) is 0.722. The molecule has 130 valence electrons. The van der Waals surface area contributed by atoms with E-state index in [4.69, 9.17) is 20.8 Å². The van der Waals surface area contributed by atoms with Crippen LogP contribution in [0.25, 0.3) is 11.0 Å². The number of methoxy groups -OCH3 is 1. The number of aromatic nitrogens is 2. The van der Waals surface area contributed by atoms with Crippen LogP contribution in [-0.2, 0) is 11.8 Å². The first-order chi connectivity index (χ1) is 11.8. The molecule has 0 bridgehead atoms. The highest BCUT2D eigenvalue weighted by molar-refractivity contribution is 6.31. The van der Waals surface area contributed by atoms with Gasteiger partial charge in [0.1, 0.15) is 5.58 Å². The molecular formula is C17H16ClN3O4. The fraction of sp³-hybridized carbons (Fsp3) is 0.235. The topological polar surface area (TPSA) is 86.4 Å². The number of carbonyl (C=O) groups is 2. The Kier molecular flexibility index (Phi) is 4.26. The summed E-state index contributed by atoms with van der Waals surface area (Å²) in [5.74, 6) is -0.963. The lowest BCUT2D eigenvalue weighted by Gasteiger charge is -2.05. The van der Waals surface area contributed by atoms with Crippen molar-refractivity contribution in [1.82, 2.24) is 9.78 Å².